The maximum atomic E-state index is 13.9. The fraction of sp³-hybridized carbons (Fsp3) is 0.667. The fourth-order valence-corrected chi connectivity index (χ4v) is 2.40. The Morgan fingerprint density at radius 1 is 1.24 bits per heavy atom. The highest BCUT2D eigenvalue weighted by Crippen LogP contribution is 2.22. The van der Waals surface area contributed by atoms with Crippen LogP contribution < -0.4 is 5.32 Å². The molecule has 0 aliphatic carbocycles. The number of methoxy groups -OCH3 is 1. The van der Waals surface area contributed by atoms with E-state index in [9.17, 15) is 4.39 Å². The van der Waals surface area contributed by atoms with E-state index in [1.807, 2.05) is 12.1 Å². The average molecular weight is 295 g/mol. The summed E-state index contributed by atoms with van der Waals surface area (Å²) in [6.07, 6.45) is 1.77. The third-order valence-electron chi connectivity index (χ3n) is 3.92. The van der Waals surface area contributed by atoms with Crippen LogP contribution in [0.4, 0.5) is 4.39 Å². The molecule has 0 radical (unpaired) electrons. The summed E-state index contributed by atoms with van der Waals surface area (Å²) < 4.78 is 19.1. The molecule has 0 aliphatic rings. The quantitative estimate of drug-likeness (QED) is 0.781. The standard InChI is InChI=1S/C18H30FNO/c1-14(10-11-21-5)16(13-20-18(2,3)4)12-15-8-6-7-9-17(15)19/h6-9,14,16,20H,10-13H2,1-5H3. The Balaban J connectivity index is 2.73. The Morgan fingerprint density at radius 3 is 2.48 bits per heavy atom. The van der Waals surface area contributed by atoms with E-state index < -0.39 is 0 Å². The van der Waals surface area contributed by atoms with Gasteiger partial charge in [-0.15, -0.1) is 0 Å². The third-order valence-corrected chi connectivity index (χ3v) is 3.92. The van der Waals surface area contributed by atoms with E-state index in [1.54, 1.807) is 19.2 Å². The molecule has 0 amide bonds. The molecule has 1 N–H and O–H groups in total. The summed E-state index contributed by atoms with van der Waals surface area (Å²) in [5, 5.41) is 3.56. The third kappa shape index (κ3) is 7.05. The smallest absolute Gasteiger partial charge is 0.126 e. The van der Waals surface area contributed by atoms with Crippen LogP contribution in [0.5, 0.6) is 0 Å². The summed E-state index contributed by atoms with van der Waals surface area (Å²) in [5.41, 5.74) is 0.886. The number of ether oxygens (including phenoxy) is 1. The molecule has 2 nitrogen and oxygen atoms in total. The van der Waals surface area contributed by atoms with Gasteiger partial charge in [-0.2, -0.15) is 0 Å². The molecule has 2 unspecified atom stereocenters. The van der Waals surface area contributed by atoms with Gasteiger partial charge in [0, 0.05) is 19.3 Å². The van der Waals surface area contributed by atoms with E-state index in [0.29, 0.717) is 11.8 Å². The summed E-state index contributed by atoms with van der Waals surface area (Å²) in [7, 11) is 1.73. The molecular formula is C18H30FNO. The fourth-order valence-electron chi connectivity index (χ4n) is 2.40. The van der Waals surface area contributed by atoms with Gasteiger partial charge in [-0.1, -0.05) is 25.1 Å². The van der Waals surface area contributed by atoms with Crippen LogP contribution in [0.1, 0.15) is 39.7 Å². The van der Waals surface area contributed by atoms with Crippen molar-refractivity contribution in [2.24, 2.45) is 11.8 Å². The second-order valence-electron chi connectivity index (χ2n) is 6.95. The van der Waals surface area contributed by atoms with Crippen molar-refractivity contribution in [3.8, 4) is 0 Å². The van der Waals surface area contributed by atoms with Crippen molar-refractivity contribution in [3.63, 3.8) is 0 Å². The zero-order chi connectivity index (χ0) is 15.9. The molecule has 120 valence electrons. The number of hydrogen-bond acceptors (Lipinski definition) is 2. The Bertz CT molecular complexity index is 414. The van der Waals surface area contributed by atoms with Crippen LogP contribution in [0.15, 0.2) is 24.3 Å². The molecular weight excluding hydrogens is 265 g/mol. The first-order valence-corrected chi connectivity index (χ1v) is 7.81. The van der Waals surface area contributed by atoms with Crippen LogP contribution in [0.25, 0.3) is 0 Å². The predicted octanol–water partition coefficient (Wildman–Crippen LogP) is 4.05. The van der Waals surface area contributed by atoms with Crippen molar-refractivity contribution in [3.05, 3.63) is 35.6 Å². The molecule has 1 aromatic rings. The number of benzene rings is 1. The molecule has 3 heteroatoms. The topological polar surface area (TPSA) is 21.3 Å². The lowest BCUT2D eigenvalue weighted by atomic mass is 9.85. The van der Waals surface area contributed by atoms with Gasteiger partial charge in [-0.05, 0) is 63.6 Å². The first-order valence-electron chi connectivity index (χ1n) is 7.81. The molecule has 0 spiro atoms. The second kappa shape index (κ2) is 8.50. The van der Waals surface area contributed by atoms with E-state index in [0.717, 1.165) is 31.6 Å². The molecule has 0 bridgehead atoms. The number of hydrogen-bond donors (Lipinski definition) is 1. The lowest BCUT2D eigenvalue weighted by molar-refractivity contribution is 0.161. The highest BCUT2D eigenvalue weighted by Gasteiger charge is 2.21. The lowest BCUT2D eigenvalue weighted by Gasteiger charge is -2.29. The monoisotopic (exact) mass is 295 g/mol. The van der Waals surface area contributed by atoms with Crippen molar-refractivity contribution in [1.29, 1.82) is 0 Å². The SMILES string of the molecule is COCCC(C)C(CNC(C)(C)C)Cc1ccccc1F. The number of rotatable bonds is 8. The molecule has 21 heavy (non-hydrogen) atoms. The van der Waals surface area contributed by atoms with Gasteiger partial charge in [-0.25, -0.2) is 4.39 Å². The van der Waals surface area contributed by atoms with Crippen LogP contribution >= 0.6 is 0 Å². The molecule has 0 aromatic heterocycles. The zero-order valence-corrected chi connectivity index (χ0v) is 14.1. The summed E-state index contributed by atoms with van der Waals surface area (Å²) in [6, 6.07) is 7.09. The van der Waals surface area contributed by atoms with Crippen molar-refractivity contribution in [1.82, 2.24) is 5.32 Å². The Labute approximate surface area is 129 Å². The molecule has 0 saturated heterocycles. The van der Waals surface area contributed by atoms with Gasteiger partial charge in [0.2, 0.25) is 0 Å². The maximum absolute atomic E-state index is 13.9. The van der Waals surface area contributed by atoms with E-state index in [4.69, 9.17) is 4.74 Å². The van der Waals surface area contributed by atoms with E-state index in [-0.39, 0.29) is 11.4 Å². The molecule has 1 aromatic carbocycles. The van der Waals surface area contributed by atoms with Crippen LogP contribution in [0.3, 0.4) is 0 Å². The predicted molar refractivity (Wildman–Crippen MR) is 87.0 cm³/mol. The molecule has 2 atom stereocenters. The van der Waals surface area contributed by atoms with Crippen molar-refractivity contribution < 1.29 is 9.13 Å². The van der Waals surface area contributed by atoms with Crippen LogP contribution in [0, 0.1) is 17.7 Å². The zero-order valence-electron chi connectivity index (χ0n) is 14.1. The maximum Gasteiger partial charge on any atom is 0.126 e. The Kier molecular flexibility index (Phi) is 7.33. The summed E-state index contributed by atoms with van der Waals surface area (Å²) in [5.74, 6) is 0.785. The van der Waals surface area contributed by atoms with Gasteiger partial charge in [-0.3, -0.25) is 0 Å². The van der Waals surface area contributed by atoms with Gasteiger partial charge < -0.3 is 10.1 Å². The molecule has 0 heterocycles. The highest BCUT2D eigenvalue weighted by atomic mass is 19.1. The first kappa shape index (κ1) is 18.1. The minimum Gasteiger partial charge on any atom is -0.385 e. The summed E-state index contributed by atoms with van der Waals surface area (Å²) in [6.45, 7) is 10.4. The minimum absolute atomic E-state index is 0.0778. The Hall–Kier alpha value is -0.930. The van der Waals surface area contributed by atoms with E-state index >= 15 is 0 Å². The number of nitrogens with one attached hydrogen (secondary N) is 1. The van der Waals surface area contributed by atoms with Crippen LogP contribution in [-0.2, 0) is 11.2 Å². The largest absolute Gasteiger partial charge is 0.385 e. The van der Waals surface area contributed by atoms with Crippen molar-refractivity contribution in [2.45, 2.75) is 46.1 Å². The van der Waals surface area contributed by atoms with E-state index in [2.05, 4.69) is 33.0 Å². The van der Waals surface area contributed by atoms with E-state index in [1.165, 1.54) is 0 Å². The van der Waals surface area contributed by atoms with Gasteiger partial charge in [0.25, 0.3) is 0 Å². The molecule has 1 rings (SSSR count). The first-order chi connectivity index (χ1) is 9.83. The van der Waals surface area contributed by atoms with Crippen LogP contribution in [0.2, 0.25) is 0 Å². The minimum atomic E-state index is -0.0998. The summed E-state index contributed by atoms with van der Waals surface area (Å²) >= 11 is 0. The lowest BCUT2D eigenvalue weighted by Crippen LogP contribution is -2.41. The van der Waals surface area contributed by atoms with Crippen molar-refractivity contribution in [2.75, 3.05) is 20.3 Å². The van der Waals surface area contributed by atoms with Crippen LogP contribution in [-0.4, -0.2) is 25.8 Å². The summed E-state index contributed by atoms with van der Waals surface area (Å²) in [4.78, 5) is 0. The Morgan fingerprint density at radius 2 is 1.90 bits per heavy atom. The molecule has 0 aliphatic heterocycles. The van der Waals surface area contributed by atoms with Gasteiger partial charge in [0.1, 0.15) is 5.82 Å². The molecule has 0 fully saturated rings. The van der Waals surface area contributed by atoms with Gasteiger partial charge in [0.15, 0.2) is 0 Å². The van der Waals surface area contributed by atoms with Gasteiger partial charge in [0.05, 0.1) is 0 Å². The van der Waals surface area contributed by atoms with Crippen molar-refractivity contribution >= 4 is 0 Å². The highest BCUT2D eigenvalue weighted by molar-refractivity contribution is 5.18. The normalized spacial score (nSPS) is 15.0. The second-order valence-corrected chi connectivity index (χ2v) is 6.95. The number of halogens is 1. The average Bonchev–Trinajstić information content (AvgIpc) is 2.41. The van der Waals surface area contributed by atoms with Gasteiger partial charge >= 0.3 is 0 Å². The molecule has 0 saturated carbocycles.